The molecule has 5 rings (SSSR count). The lowest BCUT2D eigenvalue weighted by Gasteiger charge is -2.40. The van der Waals surface area contributed by atoms with Gasteiger partial charge in [-0.25, -0.2) is 4.98 Å². The van der Waals surface area contributed by atoms with E-state index in [1.165, 1.54) is 0 Å². The summed E-state index contributed by atoms with van der Waals surface area (Å²) in [6.45, 7) is 2.46. The average molecular weight is 500 g/mol. The van der Waals surface area contributed by atoms with E-state index in [0.29, 0.717) is 29.8 Å². The minimum Gasteiger partial charge on any atom is -0.496 e. The van der Waals surface area contributed by atoms with Gasteiger partial charge in [-0.05, 0) is 74.9 Å². The molecule has 2 aliphatic heterocycles. The normalized spacial score (nSPS) is 20.4. The van der Waals surface area contributed by atoms with E-state index in [0.717, 1.165) is 54.8 Å². The molecule has 2 amide bonds. The third-order valence-electron chi connectivity index (χ3n) is 7.51. The van der Waals surface area contributed by atoms with Gasteiger partial charge in [-0.3, -0.25) is 14.6 Å². The standard InChI is InChI=1S/C29H33N5O3/c1-19-25(6-3-7-26(19)37-2)29(36)33-22-15-23-9-10-24(16-22)34(23)27-11-8-21(18-32-27)28(35)31-14-12-20-5-4-13-30-17-20/h3-8,11,13,17-18,22-24H,9-10,12,14-16H2,1-2H3,(H,31,35)(H,33,36). The van der Waals surface area contributed by atoms with Gasteiger partial charge >= 0.3 is 0 Å². The van der Waals surface area contributed by atoms with Crippen LogP contribution in [0.3, 0.4) is 0 Å². The second-order valence-corrected chi connectivity index (χ2v) is 9.84. The first kappa shape index (κ1) is 24.7. The van der Waals surface area contributed by atoms with E-state index in [9.17, 15) is 9.59 Å². The van der Waals surface area contributed by atoms with Crippen LogP contribution in [0.2, 0.25) is 0 Å². The first-order chi connectivity index (χ1) is 18.0. The molecule has 192 valence electrons. The number of nitrogens with zero attached hydrogens (tertiary/aromatic N) is 3. The van der Waals surface area contributed by atoms with Crippen LogP contribution >= 0.6 is 0 Å². The highest BCUT2D eigenvalue weighted by Gasteiger charge is 2.42. The predicted octanol–water partition coefficient (Wildman–Crippen LogP) is 3.70. The van der Waals surface area contributed by atoms with Crippen molar-refractivity contribution in [2.75, 3.05) is 18.6 Å². The molecule has 0 aliphatic carbocycles. The second-order valence-electron chi connectivity index (χ2n) is 9.84. The maximum absolute atomic E-state index is 13.0. The fourth-order valence-electron chi connectivity index (χ4n) is 5.66. The number of hydrogen-bond donors (Lipinski definition) is 2. The molecule has 2 aromatic heterocycles. The number of methoxy groups -OCH3 is 1. The van der Waals surface area contributed by atoms with E-state index in [1.54, 1.807) is 19.5 Å². The number of pyridine rings is 2. The number of fused-ring (bicyclic) bond motifs is 2. The molecule has 2 saturated heterocycles. The molecular weight excluding hydrogens is 466 g/mol. The van der Waals surface area contributed by atoms with Gasteiger partial charge in [0.1, 0.15) is 11.6 Å². The summed E-state index contributed by atoms with van der Waals surface area (Å²) < 4.78 is 5.37. The summed E-state index contributed by atoms with van der Waals surface area (Å²) in [4.78, 5) is 36.7. The van der Waals surface area contributed by atoms with Crippen molar-refractivity contribution < 1.29 is 14.3 Å². The molecule has 0 spiro atoms. The van der Waals surface area contributed by atoms with Crippen molar-refractivity contribution in [1.29, 1.82) is 0 Å². The number of carbonyl (C=O) groups is 2. The number of amides is 2. The predicted molar refractivity (Wildman–Crippen MR) is 142 cm³/mol. The Morgan fingerprint density at radius 3 is 2.51 bits per heavy atom. The fraction of sp³-hybridized carbons (Fsp3) is 0.379. The molecule has 2 unspecified atom stereocenters. The highest BCUT2D eigenvalue weighted by molar-refractivity contribution is 5.96. The molecule has 8 nitrogen and oxygen atoms in total. The number of nitrogens with one attached hydrogen (secondary N) is 2. The molecule has 1 aromatic carbocycles. The SMILES string of the molecule is COc1cccc(C(=O)NC2CC3CCC(C2)N3c2ccc(C(=O)NCCc3cccnc3)cn2)c1C. The van der Waals surface area contributed by atoms with Crippen LogP contribution in [0.25, 0.3) is 0 Å². The van der Waals surface area contributed by atoms with Crippen molar-refractivity contribution in [3.05, 3.63) is 83.3 Å². The van der Waals surface area contributed by atoms with E-state index in [1.807, 2.05) is 55.6 Å². The zero-order chi connectivity index (χ0) is 25.8. The summed E-state index contributed by atoms with van der Waals surface area (Å²) >= 11 is 0. The van der Waals surface area contributed by atoms with Crippen molar-refractivity contribution in [2.24, 2.45) is 0 Å². The van der Waals surface area contributed by atoms with Crippen molar-refractivity contribution in [3.8, 4) is 5.75 Å². The van der Waals surface area contributed by atoms with Crippen LogP contribution in [-0.2, 0) is 6.42 Å². The number of aromatic nitrogens is 2. The maximum atomic E-state index is 13.0. The summed E-state index contributed by atoms with van der Waals surface area (Å²) in [6, 6.07) is 14.0. The Balaban J connectivity index is 1.17. The number of carbonyl (C=O) groups excluding carboxylic acids is 2. The summed E-state index contributed by atoms with van der Waals surface area (Å²) in [6.07, 6.45) is 9.85. The van der Waals surface area contributed by atoms with Crippen LogP contribution in [0.15, 0.2) is 61.1 Å². The van der Waals surface area contributed by atoms with Crippen LogP contribution in [-0.4, -0.2) is 53.6 Å². The molecule has 2 fully saturated rings. The van der Waals surface area contributed by atoms with Crippen molar-refractivity contribution >= 4 is 17.6 Å². The Bertz CT molecular complexity index is 1230. The van der Waals surface area contributed by atoms with Gasteiger partial charge in [-0.2, -0.15) is 0 Å². The summed E-state index contributed by atoms with van der Waals surface area (Å²) in [7, 11) is 1.62. The van der Waals surface area contributed by atoms with Crippen molar-refractivity contribution in [3.63, 3.8) is 0 Å². The van der Waals surface area contributed by atoms with Gasteiger partial charge in [0.25, 0.3) is 11.8 Å². The van der Waals surface area contributed by atoms with E-state index < -0.39 is 0 Å². The fourth-order valence-corrected chi connectivity index (χ4v) is 5.66. The number of ether oxygens (including phenoxy) is 1. The topological polar surface area (TPSA) is 96.5 Å². The van der Waals surface area contributed by atoms with Gasteiger partial charge in [-0.1, -0.05) is 12.1 Å². The molecule has 2 aliphatic rings. The molecular formula is C29H33N5O3. The third-order valence-corrected chi connectivity index (χ3v) is 7.51. The Hall–Kier alpha value is -3.94. The number of piperidine rings is 1. The van der Waals surface area contributed by atoms with Gasteiger partial charge in [0.05, 0.1) is 12.7 Å². The van der Waals surface area contributed by atoms with E-state index in [4.69, 9.17) is 4.74 Å². The summed E-state index contributed by atoms with van der Waals surface area (Å²) in [5.74, 6) is 1.44. The lowest BCUT2D eigenvalue weighted by atomic mass is 9.96. The number of anilines is 1. The first-order valence-corrected chi connectivity index (χ1v) is 12.9. The smallest absolute Gasteiger partial charge is 0.252 e. The van der Waals surface area contributed by atoms with Crippen LogP contribution in [0.1, 0.15) is 57.5 Å². The van der Waals surface area contributed by atoms with Gasteiger partial charge in [0.2, 0.25) is 0 Å². The van der Waals surface area contributed by atoms with E-state index in [-0.39, 0.29) is 17.9 Å². The zero-order valence-corrected chi connectivity index (χ0v) is 21.3. The zero-order valence-electron chi connectivity index (χ0n) is 21.3. The van der Waals surface area contributed by atoms with Crippen molar-refractivity contribution in [1.82, 2.24) is 20.6 Å². The van der Waals surface area contributed by atoms with Crippen LogP contribution in [0.4, 0.5) is 5.82 Å². The maximum Gasteiger partial charge on any atom is 0.252 e. The Morgan fingerprint density at radius 2 is 1.84 bits per heavy atom. The van der Waals surface area contributed by atoms with E-state index >= 15 is 0 Å². The largest absolute Gasteiger partial charge is 0.496 e. The third kappa shape index (κ3) is 5.43. The van der Waals surface area contributed by atoms with Crippen LogP contribution in [0.5, 0.6) is 5.75 Å². The first-order valence-electron chi connectivity index (χ1n) is 12.9. The van der Waals surface area contributed by atoms with Crippen LogP contribution in [0, 0.1) is 6.92 Å². The molecule has 0 saturated carbocycles. The lowest BCUT2D eigenvalue weighted by molar-refractivity contribution is 0.0924. The summed E-state index contributed by atoms with van der Waals surface area (Å²) in [5, 5.41) is 6.21. The number of benzene rings is 1. The molecule has 2 N–H and O–H groups in total. The second kappa shape index (κ2) is 11.0. The average Bonchev–Trinajstić information content (AvgIpc) is 3.19. The Labute approximate surface area is 217 Å². The highest BCUT2D eigenvalue weighted by atomic mass is 16.5. The molecule has 2 atom stereocenters. The van der Waals surface area contributed by atoms with Crippen molar-refractivity contribution in [2.45, 2.75) is 57.2 Å². The Morgan fingerprint density at radius 1 is 1.03 bits per heavy atom. The summed E-state index contributed by atoms with van der Waals surface area (Å²) in [5.41, 5.74) is 3.15. The monoisotopic (exact) mass is 499 g/mol. The van der Waals surface area contributed by atoms with Crippen LogP contribution < -0.4 is 20.3 Å². The molecule has 0 radical (unpaired) electrons. The Kier molecular flexibility index (Phi) is 7.35. The molecule has 3 aromatic rings. The van der Waals surface area contributed by atoms with Gasteiger partial charge in [0.15, 0.2) is 0 Å². The highest BCUT2D eigenvalue weighted by Crippen LogP contribution is 2.38. The minimum absolute atomic E-state index is 0.0498. The number of hydrogen-bond acceptors (Lipinski definition) is 6. The molecule has 4 heterocycles. The van der Waals surface area contributed by atoms with Gasteiger partial charge < -0.3 is 20.3 Å². The number of rotatable bonds is 8. The van der Waals surface area contributed by atoms with E-state index in [2.05, 4.69) is 25.5 Å². The van der Waals surface area contributed by atoms with Gasteiger partial charge in [0, 0.05) is 54.4 Å². The quantitative estimate of drug-likeness (QED) is 0.491. The molecule has 2 bridgehead atoms. The van der Waals surface area contributed by atoms with Gasteiger partial charge in [-0.15, -0.1) is 0 Å². The molecule has 8 heteroatoms. The minimum atomic E-state index is -0.125. The molecule has 37 heavy (non-hydrogen) atoms. The lowest BCUT2D eigenvalue weighted by Crippen LogP contribution is -2.50.